The highest BCUT2D eigenvalue weighted by atomic mass is 16.7. The first-order chi connectivity index (χ1) is 14.0. The van der Waals surface area contributed by atoms with Gasteiger partial charge in [-0.1, -0.05) is 50.6 Å². The Balaban J connectivity index is 0. The van der Waals surface area contributed by atoms with Crippen LogP contribution in [0.2, 0.25) is 0 Å². The summed E-state index contributed by atoms with van der Waals surface area (Å²) in [6.45, 7) is 14.5. The number of ether oxygens (including phenoxy) is 7. The van der Waals surface area contributed by atoms with Gasteiger partial charge in [0.15, 0.2) is 0 Å². The van der Waals surface area contributed by atoms with Crippen LogP contribution in [0.25, 0.3) is 0 Å². The molecule has 0 amide bonds. The van der Waals surface area contributed by atoms with E-state index >= 15 is 0 Å². The van der Waals surface area contributed by atoms with Gasteiger partial charge in [-0.2, -0.15) is 0 Å². The largest absolute Gasteiger partial charge is 0.508 e. The SMILES string of the molecule is C=CCOC(=O)OCC=C.C=CCOC(=O)OCCOCCOC(=O)OCC=C. The Morgan fingerprint density at radius 3 is 1.03 bits per heavy atom. The molecule has 0 aliphatic rings. The van der Waals surface area contributed by atoms with Crippen molar-refractivity contribution in [3.8, 4) is 0 Å². The van der Waals surface area contributed by atoms with Crippen LogP contribution < -0.4 is 0 Å². The predicted molar refractivity (Wildman–Crippen MR) is 104 cm³/mol. The van der Waals surface area contributed by atoms with Crippen LogP contribution in [0.15, 0.2) is 50.6 Å². The zero-order chi connectivity index (χ0) is 22.2. The molecule has 0 heterocycles. The molecule has 0 aliphatic carbocycles. The van der Waals surface area contributed by atoms with E-state index in [-0.39, 0.29) is 52.9 Å². The summed E-state index contributed by atoms with van der Waals surface area (Å²) in [7, 11) is 0. The summed E-state index contributed by atoms with van der Waals surface area (Å²) in [5.74, 6) is 0. The first kappa shape index (κ1) is 27.9. The zero-order valence-corrected chi connectivity index (χ0v) is 16.4. The topological polar surface area (TPSA) is 116 Å². The summed E-state index contributed by atoms with van der Waals surface area (Å²) in [6, 6.07) is 0. The average molecular weight is 416 g/mol. The Kier molecular flexibility index (Phi) is 21.9. The highest BCUT2D eigenvalue weighted by molar-refractivity contribution is 5.60. The molecule has 0 N–H and O–H groups in total. The summed E-state index contributed by atoms with van der Waals surface area (Å²) in [5, 5.41) is 0. The Morgan fingerprint density at radius 2 is 0.759 bits per heavy atom. The minimum absolute atomic E-state index is 0.0525. The van der Waals surface area contributed by atoms with Crippen LogP contribution in [0.1, 0.15) is 0 Å². The van der Waals surface area contributed by atoms with Gasteiger partial charge in [-0.25, -0.2) is 14.4 Å². The molecule has 10 nitrogen and oxygen atoms in total. The van der Waals surface area contributed by atoms with Gasteiger partial charge in [0.25, 0.3) is 0 Å². The molecule has 0 saturated carbocycles. The van der Waals surface area contributed by atoms with E-state index in [0.29, 0.717) is 0 Å². The van der Waals surface area contributed by atoms with Gasteiger partial charge in [-0.15, -0.1) is 0 Å². The number of carbonyl (C=O) groups is 3. The lowest BCUT2D eigenvalue weighted by Gasteiger charge is -2.06. The van der Waals surface area contributed by atoms with Crippen molar-refractivity contribution in [3.63, 3.8) is 0 Å². The maximum absolute atomic E-state index is 10.8. The molecular formula is C19H28O10. The molecule has 0 radical (unpaired) electrons. The third-order valence-electron chi connectivity index (χ3n) is 2.17. The van der Waals surface area contributed by atoms with Gasteiger partial charge in [0, 0.05) is 0 Å². The molecule has 0 rings (SSSR count). The second-order valence-electron chi connectivity index (χ2n) is 4.46. The van der Waals surface area contributed by atoms with Gasteiger partial charge < -0.3 is 33.2 Å². The summed E-state index contributed by atoms with van der Waals surface area (Å²) in [4.78, 5) is 32.1. The maximum Gasteiger partial charge on any atom is 0.508 e. The lowest BCUT2D eigenvalue weighted by atomic mass is 10.7. The highest BCUT2D eigenvalue weighted by Gasteiger charge is 2.03. The van der Waals surface area contributed by atoms with Gasteiger partial charge in [0.1, 0.15) is 39.6 Å². The van der Waals surface area contributed by atoms with Crippen molar-refractivity contribution in [3.05, 3.63) is 50.6 Å². The predicted octanol–water partition coefficient (Wildman–Crippen LogP) is 3.19. The first-order valence-electron chi connectivity index (χ1n) is 8.41. The summed E-state index contributed by atoms with van der Waals surface area (Å²) in [6.07, 6.45) is 3.53. The van der Waals surface area contributed by atoms with Crippen molar-refractivity contribution >= 4 is 18.5 Å². The van der Waals surface area contributed by atoms with Crippen molar-refractivity contribution in [2.24, 2.45) is 0 Å². The van der Waals surface area contributed by atoms with Crippen LogP contribution in [0.5, 0.6) is 0 Å². The van der Waals surface area contributed by atoms with Gasteiger partial charge in [-0.05, 0) is 0 Å². The Hall–Kier alpha value is -3.27. The quantitative estimate of drug-likeness (QED) is 0.181. The lowest BCUT2D eigenvalue weighted by Crippen LogP contribution is -2.15. The second-order valence-corrected chi connectivity index (χ2v) is 4.46. The van der Waals surface area contributed by atoms with Crippen LogP contribution in [0, 0.1) is 0 Å². The fourth-order valence-corrected chi connectivity index (χ4v) is 1.10. The molecule has 29 heavy (non-hydrogen) atoms. The monoisotopic (exact) mass is 416 g/mol. The van der Waals surface area contributed by atoms with Crippen LogP contribution in [-0.4, -0.2) is 71.3 Å². The Morgan fingerprint density at radius 1 is 0.483 bits per heavy atom. The Labute approximate surface area is 170 Å². The lowest BCUT2D eigenvalue weighted by molar-refractivity contribution is 0.0100. The van der Waals surface area contributed by atoms with E-state index in [9.17, 15) is 14.4 Å². The van der Waals surface area contributed by atoms with E-state index < -0.39 is 18.5 Å². The molecule has 0 aliphatic heterocycles. The minimum Gasteiger partial charge on any atom is -0.432 e. The molecule has 0 aromatic carbocycles. The van der Waals surface area contributed by atoms with E-state index in [1.807, 2.05) is 0 Å². The van der Waals surface area contributed by atoms with E-state index in [0.717, 1.165) is 0 Å². The molecule has 10 heteroatoms. The van der Waals surface area contributed by atoms with Gasteiger partial charge >= 0.3 is 18.5 Å². The fourth-order valence-electron chi connectivity index (χ4n) is 1.10. The Bertz CT molecular complexity index is 459. The van der Waals surface area contributed by atoms with Crippen LogP contribution >= 0.6 is 0 Å². The molecule has 0 aromatic rings. The molecule has 0 fully saturated rings. The van der Waals surface area contributed by atoms with Crippen molar-refractivity contribution < 1.29 is 47.5 Å². The standard InChI is InChI=1S/C12H18O7.C7H10O3/c1-3-5-16-11(13)18-9-7-15-8-10-19-12(14)17-6-4-2;1-3-5-9-7(8)10-6-4-2/h3-4H,1-2,5-10H2;3-4H,1-2,5-6H2. The maximum atomic E-state index is 10.8. The summed E-state index contributed by atoms with van der Waals surface area (Å²) >= 11 is 0. The second kappa shape index (κ2) is 22.8. The van der Waals surface area contributed by atoms with Crippen molar-refractivity contribution in [1.82, 2.24) is 0 Å². The molecule has 0 aromatic heterocycles. The van der Waals surface area contributed by atoms with Crippen molar-refractivity contribution in [2.75, 3.05) is 52.9 Å². The van der Waals surface area contributed by atoms with E-state index in [1.165, 1.54) is 24.3 Å². The number of rotatable bonds is 14. The normalized spacial score (nSPS) is 8.83. The third-order valence-corrected chi connectivity index (χ3v) is 2.17. The third kappa shape index (κ3) is 24.7. The number of hydrogen-bond donors (Lipinski definition) is 0. The summed E-state index contributed by atoms with van der Waals surface area (Å²) < 4.78 is 32.4. The van der Waals surface area contributed by atoms with Crippen LogP contribution in [0.3, 0.4) is 0 Å². The van der Waals surface area contributed by atoms with Crippen molar-refractivity contribution in [2.45, 2.75) is 0 Å². The van der Waals surface area contributed by atoms with Gasteiger partial charge in [0.2, 0.25) is 0 Å². The molecule has 164 valence electrons. The average Bonchev–Trinajstić information content (AvgIpc) is 2.72. The van der Waals surface area contributed by atoms with Crippen molar-refractivity contribution in [1.29, 1.82) is 0 Å². The molecule has 0 saturated heterocycles. The smallest absolute Gasteiger partial charge is 0.432 e. The van der Waals surface area contributed by atoms with Gasteiger partial charge in [0.05, 0.1) is 13.2 Å². The minimum atomic E-state index is -0.784. The molecule has 0 atom stereocenters. The summed E-state index contributed by atoms with van der Waals surface area (Å²) in [5.41, 5.74) is 0. The highest BCUT2D eigenvalue weighted by Crippen LogP contribution is 1.89. The molecular weight excluding hydrogens is 388 g/mol. The van der Waals surface area contributed by atoms with Gasteiger partial charge in [-0.3, -0.25) is 0 Å². The molecule has 0 unspecified atom stereocenters. The van der Waals surface area contributed by atoms with E-state index in [1.54, 1.807) is 0 Å². The van der Waals surface area contributed by atoms with E-state index in [2.05, 4.69) is 54.7 Å². The van der Waals surface area contributed by atoms with E-state index in [4.69, 9.17) is 4.74 Å². The molecule has 0 bridgehead atoms. The number of hydrogen-bond acceptors (Lipinski definition) is 10. The zero-order valence-electron chi connectivity index (χ0n) is 16.4. The molecule has 0 spiro atoms. The number of carbonyl (C=O) groups excluding carboxylic acids is 3. The van der Waals surface area contributed by atoms with Crippen LogP contribution in [0.4, 0.5) is 14.4 Å². The fraction of sp³-hybridized carbons (Fsp3) is 0.421. The van der Waals surface area contributed by atoms with Crippen LogP contribution in [-0.2, 0) is 33.2 Å². The first-order valence-corrected chi connectivity index (χ1v) is 8.41.